The van der Waals surface area contributed by atoms with Crippen LogP contribution >= 0.6 is 0 Å². The number of nitrogens with zero attached hydrogens (tertiary/aromatic N) is 1. The lowest BCUT2D eigenvalue weighted by Crippen LogP contribution is -2.28. The Hall–Kier alpha value is -1.87. The number of carbonyl (C=O) groups is 1. The van der Waals surface area contributed by atoms with E-state index in [9.17, 15) is 13.2 Å². The van der Waals surface area contributed by atoms with E-state index in [4.69, 9.17) is 10.4 Å². The molecule has 90 valence electrons. The van der Waals surface area contributed by atoms with Gasteiger partial charge in [-0.05, 0) is 18.6 Å². The van der Waals surface area contributed by atoms with Gasteiger partial charge in [-0.15, -0.1) is 0 Å². The van der Waals surface area contributed by atoms with E-state index < -0.39 is 26.8 Å². The second-order valence-corrected chi connectivity index (χ2v) is 5.88. The van der Waals surface area contributed by atoms with Crippen molar-refractivity contribution in [2.75, 3.05) is 0 Å². The third-order valence-corrected chi connectivity index (χ3v) is 4.37. The summed E-state index contributed by atoms with van der Waals surface area (Å²) >= 11 is 0. The smallest absolute Gasteiger partial charge is 0.321 e. The molecule has 0 aromatic heterocycles. The molecule has 0 radical (unpaired) electrons. The van der Waals surface area contributed by atoms with Crippen LogP contribution in [-0.2, 0) is 20.4 Å². The molecule has 1 N–H and O–H groups in total. The fourth-order valence-electron chi connectivity index (χ4n) is 1.25. The van der Waals surface area contributed by atoms with Gasteiger partial charge in [0.25, 0.3) is 0 Å². The summed E-state index contributed by atoms with van der Waals surface area (Å²) < 4.78 is 23.4. The van der Waals surface area contributed by atoms with Crippen molar-refractivity contribution in [1.82, 2.24) is 0 Å². The van der Waals surface area contributed by atoms with Gasteiger partial charge in [0.1, 0.15) is 0 Å². The van der Waals surface area contributed by atoms with E-state index in [2.05, 4.69) is 0 Å². The highest BCUT2D eigenvalue weighted by molar-refractivity contribution is 7.91. The van der Waals surface area contributed by atoms with Crippen molar-refractivity contribution in [3.63, 3.8) is 0 Å². The standard InChI is InChI=1S/C11H11NO4S/c1-8(11(13)14)17(15,16)7-10-5-3-2-4-9(10)6-12/h2-5,8H,7H2,1H3,(H,13,14). The third kappa shape index (κ3) is 3.04. The van der Waals surface area contributed by atoms with E-state index in [1.807, 2.05) is 6.07 Å². The lowest BCUT2D eigenvalue weighted by Gasteiger charge is -2.09. The summed E-state index contributed by atoms with van der Waals surface area (Å²) in [5, 5.41) is 16.0. The molecule has 1 atom stereocenters. The van der Waals surface area contributed by atoms with E-state index in [0.29, 0.717) is 5.56 Å². The van der Waals surface area contributed by atoms with Gasteiger partial charge in [-0.2, -0.15) is 5.26 Å². The van der Waals surface area contributed by atoms with Crippen LogP contribution < -0.4 is 0 Å². The number of rotatable bonds is 4. The highest BCUT2D eigenvalue weighted by atomic mass is 32.2. The maximum atomic E-state index is 11.7. The van der Waals surface area contributed by atoms with Crippen molar-refractivity contribution < 1.29 is 18.3 Å². The van der Waals surface area contributed by atoms with E-state index in [0.717, 1.165) is 6.92 Å². The van der Waals surface area contributed by atoms with Crippen molar-refractivity contribution >= 4 is 15.8 Å². The second-order valence-electron chi connectivity index (χ2n) is 3.56. The molecule has 5 nitrogen and oxygen atoms in total. The zero-order chi connectivity index (χ0) is 13.1. The molecular formula is C11H11NO4S. The summed E-state index contributed by atoms with van der Waals surface area (Å²) in [6, 6.07) is 8.10. The molecule has 0 aliphatic heterocycles. The van der Waals surface area contributed by atoms with Crippen LogP contribution in [0.25, 0.3) is 0 Å². The monoisotopic (exact) mass is 253 g/mol. The highest BCUT2D eigenvalue weighted by Crippen LogP contribution is 2.15. The number of nitriles is 1. The molecule has 0 saturated heterocycles. The molecule has 0 heterocycles. The molecule has 0 fully saturated rings. The molecule has 0 amide bonds. The van der Waals surface area contributed by atoms with Crippen LogP contribution in [0.15, 0.2) is 24.3 Å². The topological polar surface area (TPSA) is 95.2 Å². The molecule has 1 unspecified atom stereocenters. The van der Waals surface area contributed by atoms with Crippen molar-refractivity contribution in [3.8, 4) is 6.07 Å². The molecule has 1 aromatic carbocycles. The lowest BCUT2D eigenvalue weighted by atomic mass is 10.1. The predicted molar refractivity (Wildman–Crippen MR) is 60.9 cm³/mol. The van der Waals surface area contributed by atoms with Crippen molar-refractivity contribution in [2.45, 2.75) is 17.9 Å². The van der Waals surface area contributed by atoms with Crippen LogP contribution in [-0.4, -0.2) is 24.7 Å². The van der Waals surface area contributed by atoms with Crippen LogP contribution in [0.4, 0.5) is 0 Å². The fraction of sp³-hybridized carbons (Fsp3) is 0.273. The minimum Gasteiger partial charge on any atom is -0.480 e. The first-order valence-electron chi connectivity index (χ1n) is 4.81. The van der Waals surface area contributed by atoms with Gasteiger partial charge in [0.2, 0.25) is 0 Å². The quantitative estimate of drug-likeness (QED) is 0.861. The molecule has 1 aromatic rings. The summed E-state index contributed by atoms with van der Waals surface area (Å²) in [7, 11) is -3.80. The SMILES string of the molecule is CC(C(=O)O)S(=O)(=O)Cc1ccccc1C#N. The minimum atomic E-state index is -3.80. The largest absolute Gasteiger partial charge is 0.480 e. The number of hydrogen-bond acceptors (Lipinski definition) is 4. The summed E-state index contributed by atoms with van der Waals surface area (Å²) in [4.78, 5) is 10.6. The average Bonchev–Trinajstić information content (AvgIpc) is 2.28. The predicted octanol–water partition coefficient (Wildman–Crippen LogP) is 0.946. The lowest BCUT2D eigenvalue weighted by molar-refractivity contribution is -0.136. The summed E-state index contributed by atoms with van der Waals surface area (Å²) in [6.07, 6.45) is 0. The number of sulfone groups is 1. The van der Waals surface area contributed by atoms with Gasteiger partial charge in [0.15, 0.2) is 15.1 Å². The van der Waals surface area contributed by atoms with Gasteiger partial charge in [-0.1, -0.05) is 18.2 Å². The summed E-state index contributed by atoms with van der Waals surface area (Å²) in [5.74, 6) is -1.83. The molecule has 0 aliphatic carbocycles. The molecular weight excluding hydrogens is 242 g/mol. The number of hydrogen-bond donors (Lipinski definition) is 1. The van der Waals surface area contributed by atoms with Crippen LogP contribution in [0.3, 0.4) is 0 Å². The van der Waals surface area contributed by atoms with Crippen LogP contribution in [0.1, 0.15) is 18.1 Å². The molecule has 0 spiro atoms. The number of carboxylic acid groups (broad SMARTS) is 1. The molecule has 1 rings (SSSR count). The normalized spacial score (nSPS) is 12.7. The van der Waals surface area contributed by atoms with Crippen LogP contribution in [0.5, 0.6) is 0 Å². The number of carboxylic acids is 1. The fourth-order valence-corrected chi connectivity index (χ4v) is 2.49. The zero-order valence-electron chi connectivity index (χ0n) is 9.12. The maximum Gasteiger partial charge on any atom is 0.321 e. The van der Waals surface area contributed by atoms with E-state index in [-0.39, 0.29) is 5.56 Å². The van der Waals surface area contributed by atoms with E-state index in [1.165, 1.54) is 12.1 Å². The Morgan fingerprint density at radius 1 is 1.47 bits per heavy atom. The number of benzene rings is 1. The van der Waals surface area contributed by atoms with Gasteiger partial charge in [-0.3, -0.25) is 4.79 Å². The van der Waals surface area contributed by atoms with Crippen molar-refractivity contribution in [2.24, 2.45) is 0 Å². The Morgan fingerprint density at radius 2 is 2.06 bits per heavy atom. The highest BCUT2D eigenvalue weighted by Gasteiger charge is 2.28. The van der Waals surface area contributed by atoms with Gasteiger partial charge in [0, 0.05) is 0 Å². The summed E-state index contributed by atoms with van der Waals surface area (Å²) in [6.45, 7) is 1.12. The molecule has 17 heavy (non-hydrogen) atoms. The van der Waals surface area contributed by atoms with Crippen molar-refractivity contribution in [1.29, 1.82) is 5.26 Å². The first-order chi connectivity index (χ1) is 7.88. The zero-order valence-corrected chi connectivity index (χ0v) is 9.94. The third-order valence-electron chi connectivity index (χ3n) is 2.38. The van der Waals surface area contributed by atoms with E-state index in [1.54, 1.807) is 12.1 Å². The van der Waals surface area contributed by atoms with Gasteiger partial charge in [0.05, 0.1) is 17.4 Å². The number of aliphatic carboxylic acids is 1. The van der Waals surface area contributed by atoms with E-state index >= 15 is 0 Å². The Morgan fingerprint density at radius 3 is 2.59 bits per heavy atom. The molecule has 0 aliphatic rings. The average molecular weight is 253 g/mol. The Labute approximate surface area is 99.2 Å². The molecule has 0 saturated carbocycles. The first-order valence-corrected chi connectivity index (χ1v) is 6.52. The van der Waals surface area contributed by atoms with Crippen LogP contribution in [0.2, 0.25) is 0 Å². The van der Waals surface area contributed by atoms with Crippen LogP contribution in [0, 0.1) is 11.3 Å². The second kappa shape index (κ2) is 4.97. The molecule has 0 bridgehead atoms. The maximum absolute atomic E-state index is 11.7. The Balaban J connectivity index is 3.07. The Bertz CT molecular complexity index is 571. The van der Waals surface area contributed by atoms with Gasteiger partial charge >= 0.3 is 5.97 Å². The first kappa shape index (κ1) is 13.2. The Kier molecular flexibility index (Phi) is 3.86. The minimum absolute atomic E-state index is 0.244. The van der Waals surface area contributed by atoms with Gasteiger partial charge in [-0.25, -0.2) is 8.42 Å². The van der Waals surface area contributed by atoms with Crippen molar-refractivity contribution in [3.05, 3.63) is 35.4 Å². The summed E-state index contributed by atoms with van der Waals surface area (Å²) in [5.41, 5.74) is 0.566. The molecule has 6 heteroatoms. The van der Waals surface area contributed by atoms with Gasteiger partial charge < -0.3 is 5.11 Å².